The van der Waals surface area contributed by atoms with Crippen molar-refractivity contribution in [2.45, 2.75) is 91.5 Å². The van der Waals surface area contributed by atoms with Gasteiger partial charge in [-0.15, -0.1) is 0 Å². The third-order valence-electron chi connectivity index (χ3n) is 5.51. The minimum atomic E-state index is -0.432. The van der Waals surface area contributed by atoms with Crippen molar-refractivity contribution >= 4 is 0 Å². The molecule has 0 fully saturated rings. The van der Waals surface area contributed by atoms with Gasteiger partial charge in [0.2, 0.25) is 0 Å². The van der Waals surface area contributed by atoms with Crippen LogP contribution in [0.4, 0.5) is 0 Å². The highest BCUT2D eigenvalue weighted by molar-refractivity contribution is 5.58. The zero-order valence-electron chi connectivity index (χ0n) is 19.7. The maximum atomic E-state index is 6.58. The number of nitrogens with two attached hydrogens (primary N) is 1. The smallest absolute Gasteiger partial charge is 0.172 e. The maximum absolute atomic E-state index is 6.58. The molecule has 0 aliphatic rings. The summed E-state index contributed by atoms with van der Waals surface area (Å²) in [7, 11) is 0. The van der Waals surface area contributed by atoms with Crippen LogP contribution in [0.2, 0.25) is 0 Å². The average molecular weight is 412 g/mol. The molecule has 2 aromatic carbocycles. The zero-order chi connectivity index (χ0) is 22.0. The van der Waals surface area contributed by atoms with Gasteiger partial charge >= 0.3 is 0 Å². The van der Waals surface area contributed by atoms with Crippen LogP contribution in [0.5, 0.6) is 17.2 Å². The van der Waals surface area contributed by atoms with Crippen LogP contribution in [0.3, 0.4) is 0 Å². The van der Waals surface area contributed by atoms with Crippen molar-refractivity contribution in [3.05, 3.63) is 53.1 Å². The van der Waals surface area contributed by atoms with Crippen molar-refractivity contribution in [3.63, 3.8) is 0 Å². The number of benzene rings is 2. The van der Waals surface area contributed by atoms with Gasteiger partial charge in [-0.1, -0.05) is 64.2 Å². The fourth-order valence-corrected chi connectivity index (χ4v) is 3.95. The van der Waals surface area contributed by atoms with Crippen molar-refractivity contribution in [2.75, 3.05) is 6.61 Å². The predicted octanol–water partition coefficient (Wildman–Crippen LogP) is 7.54. The number of ether oxygens (including phenoxy) is 2. The van der Waals surface area contributed by atoms with E-state index in [0.29, 0.717) is 6.61 Å². The minimum Gasteiger partial charge on any atom is -0.490 e. The molecular formula is C27H41NO2. The minimum absolute atomic E-state index is 0.432. The first kappa shape index (κ1) is 24.3. The van der Waals surface area contributed by atoms with Crippen molar-refractivity contribution in [1.29, 1.82) is 0 Å². The molecular weight excluding hydrogens is 370 g/mol. The molecule has 2 aromatic rings. The molecule has 0 aromatic heterocycles. The Bertz CT molecular complexity index is 763. The highest BCUT2D eigenvalue weighted by atomic mass is 16.5. The third kappa shape index (κ3) is 6.77. The Labute approximate surface area is 184 Å². The summed E-state index contributed by atoms with van der Waals surface area (Å²) in [6.07, 6.45) is 9.44. The maximum Gasteiger partial charge on any atom is 0.172 e. The number of rotatable bonds is 13. The van der Waals surface area contributed by atoms with E-state index in [1.807, 2.05) is 37.3 Å². The molecule has 0 amide bonds. The lowest BCUT2D eigenvalue weighted by Crippen LogP contribution is -2.30. The lowest BCUT2D eigenvalue weighted by Gasteiger charge is -2.28. The molecule has 166 valence electrons. The largest absolute Gasteiger partial charge is 0.490 e. The second-order valence-electron chi connectivity index (χ2n) is 8.66. The molecule has 0 saturated carbocycles. The highest BCUT2D eigenvalue weighted by Gasteiger charge is 2.26. The Balaban J connectivity index is 2.44. The molecule has 2 rings (SSSR count). The van der Waals surface area contributed by atoms with E-state index in [0.717, 1.165) is 47.6 Å². The van der Waals surface area contributed by atoms with Crippen LogP contribution in [0, 0.1) is 0 Å². The van der Waals surface area contributed by atoms with Crippen LogP contribution in [0.1, 0.15) is 89.8 Å². The van der Waals surface area contributed by atoms with Gasteiger partial charge in [-0.3, -0.25) is 0 Å². The first-order chi connectivity index (χ1) is 14.4. The van der Waals surface area contributed by atoms with Crippen molar-refractivity contribution in [2.24, 2.45) is 5.73 Å². The molecule has 0 unspecified atom stereocenters. The number of para-hydroxylation sites is 1. The second kappa shape index (κ2) is 12.0. The fourth-order valence-electron chi connectivity index (χ4n) is 3.95. The number of hydrogen-bond acceptors (Lipinski definition) is 3. The van der Waals surface area contributed by atoms with Gasteiger partial charge in [-0.2, -0.15) is 0 Å². The lowest BCUT2D eigenvalue weighted by atomic mass is 9.86. The van der Waals surface area contributed by atoms with Crippen LogP contribution in [-0.4, -0.2) is 6.61 Å². The van der Waals surface area contributed by atoms with Gasteiger partial charge in [0.25, 0.3) is 0 Å². The predicted molar refractivity (Wildman–Crippen MR) is 128 cm³/mol. The molecule has 2 N–H and O–H groups in total. The van der Waals surface area contributed by atoms with Gasteiger partial charge in [0, 0.05) is 11.1 Å². The number of hydrogen-bond donors (Lipinski definition) is 1. The summed E-state index contributed by atoms with van der Waals surface area (Å²) in [5.74, 6) is 2.56. The Morgan fingerprint density at radius 3 is 2.13 bits per heavy atom. The monoisotopic (exact) mass is 411 g/mol. The van der Waals surface area contributed by atoms with Crippen LogP contribution in [-0.2, 0) is 18.4 Å². The van der Waals surface area contributed by atoms with Crippen LogP contribution < -0.4 is 15.2 Å². The fraction of sp³-hybridized carbons (Fsp3) is 0.556. The number of aryl methyl sites for hydroxylation is 1. The van der Waals surface area contributed by atoms with Crippen LogP contribution in [0.25, 0.3) is 0 Å². The van der Waals surface area contributed by atoms with E-state index in [4.69, 9.17) is 15.2 Å². The first-order valence-electron chi connectivity index (χ1n) is 11.8. The molecule has 0 radical (unpaired) electrons. The Morgan fingerprint density at radius 1 is 0.867 bits per heavy atom. The molecule has 0 heterocycles. The topological polar surface area (TPSA) is 44.5 Å². The summed E-state index contributed by atoms with van der Waals surface area (Å²) in [4.78, 5) is 0. The number of unbranched alkanes of at least 4 members (excludes halogenated alkanes) is 5. The van der Waals surface area contributed by atoms with E-state index < -0.39 is 5.54 Å². The summed E-state index contributed by atoms with van der Waals surface area (Å²) in [5.41, 5.74) is 9.67. The summed E-state index contributed by atoms with van der Waals surface area (Å²) in [6.45, 7) is 11.2. The Kier molecular flexibility index (Phi) is 9.71. The van der Waals surface area contributed by atoms with Gasteiger partial charge in [-0.05, 0) is 69.4 Å². The summed E-state index contributed by atoms with van der Waals surface area (Å²) in [5, 5.41) is 0. The molecule has 0 aliphatic heterocycles. The first-order valence-corrected chi connectivity index (χ1v) is 11.8. The third-order valence-corrected chi connectivity index (χ3v) is 5.51. The Hall–Kier alpha value is -2.00. The van der Waals surface area contributed by atoms with Gasteiger partial charge in [0.1, 0.15) is 5.75 Å². The normalized spacial score (nSPS) is 11.5. The van der Waals surface area contributed by atoms with Gasteiger partial charge in [0.15, 0.2) is 11.5 Å². The van der Waals surface area contributed by atoms with Crippen LogP contribution in [0.15, 0.2) is 36.4 Å². The van der Waals surface area contributed by atoms with E-state index >= 15 is 0 Å². The summed E-state index contributed by atoms with van der Waals surface area (Å²) >= 11 is 0. The molecule has 0 bridgehead atoms. The average Bonchev–Trinajstić information content (AvgIpc) is 2.72. The molecule has 0 saturated heterocycles. The quantitative estimate of drug-likeness (QED) is 0.346. The van der Waals surface area contributed by atoms with E-state index in [-0.39, 0.29) is 0 Å². The van der Waals surface area contributed by atoms with E-state index in [9.17, 15) is 0 Å². The SMILES string of the molecule is CCCCCCCCc1cc(C(C)(C)N)c(CC)c(OCC)c1Oc1ccccc1. The van der Waals surface area contributed by atoms with Crippen molar-refractivity contribution in [3.8, 4) is 17.2 Å². The molecule has 3 nitrogen and oxygen atoms in total. The molecule has 0 aliphatic carbocycles. The second-order valence-corrected chi connectivity index (χ2v) is 8.66. The van der Waals surface area contributed by atoms with Gasteiger partial charge in [-0.25, -0.2) is 0 Å². The molecule has 0 spiro atoms. The van der Waals surface area contributed by atoms with E-state index in [2.05, 4.69) is 33.8 Å². The molecule has 0 atom stereocenters. The van der Waals surface area contributed by atoms with Crippen molar-refractivity contribution in [1.82, 2.24) is 0 Å². The summed E-state index contributed by atoms with van der Waals surface area (Å²) in [6, 6.07) is 12.3. The zero-order valence-corrected chi connectivity index (χ0v) is 19.7. The highest BCUT2D eigenvalue weighted by Crippen LogP contribution is 2.43. The van der Waals surface area contributed by atoms with Gasteiger partial charge < -0.3 is 15.2 Å². The lowest BCUT2D eigenvalue weighted by molar-refractivity contribution is 0.314. The van der Waals surface area contributed by atoms with Gasteiger partial charge in [0.05, 0.1) is 6.61 Å². The van der Waals surface area contributed by atoms with Crippen LogP contribution >= 0.6 is 0 Å². The van der Waals surface area contributed by atoms with E-state index in [1.165, 1.54) is 37.7 Å². The van der Waals surface area contributed by atoms with E-state index in [1.54, 1.807) is 0 Å². The molecule has 30 heavy (non-hydrogen) atoms. The Morgan fingerprint density at radius 2 is 1.53 bits per heavy atom. The van der Waals surface area contributed by atoms with Crippen molar-refractivity contribution < 1.29 is 9.47 Å². The molecule has 3 heteroatoms. The summed E-state index contributed by atoms with van der Waals surface area (Å²) < 4.78 is 12.6. The standard InChI is InChI=1S/C27H41NO2/c1-6-9-10-11-12-14-17-21-20-24(27(4,5)28)23(7-2)26(29-8-3)25(21)30-22-18-15-13-16-19-22/h13,15-16,18-20H,6-12,14,17,28H2,1-5H3.